The molecule has 2 rings (SSSR count). The summed E-state index contributed by atoms with van der Waals surface area (Å²) in [6.45, 7) is 2.76. The van der Waals surface area contributed by atoms with Gasteiger partial charge in [-0.15, -0.1) is 11.3 Å². The van der Waals surface area contributed by atoms with Crippen molar-refractivity contribution in [3.8, 4) is 0 Å². The van der Waals surface area contributed by atoms with E-state index in [0.717, 1.165) is 38.5 Å². The van der Waals surface area contributed by atoms with E-state index < -0.39 is 0 Å². The Bertz CT molecular complexity index is 427. The van der Waals surface area contributed by atoms with Gasteiger partial charge in [0.2, 0.25) is 0 Å². The average molecular weight is 324 g/mol. The first kappa shape index (κ1) is 17.3. The van der Waals surface area contributed by atoms with Crippen molar-refractivity contribution in [1.29, 1.82) is 0 Å². The molecule has 1 aliphatic carbocycles. The largest absolute Gasteiger partial charge is 0.378 e. The Morgan fingerprint density at radius 3 is 2.95 bits per heavy atom. The summed E-state index contributed by atoms with van der Waals surface area (Å²) >= 11 is 1.82. The van der Waals surface area contributed by atoms with Gasteiger partial charge in [0, 0.05) is 38.7 Å². The molecule has 0 spiro atoms. The van der Waals surface area contributed by atoms with Crippen LogP contribution in [-0.2, 0) is 11.2 Å². The molecular weight excluding hydrogens is 294 g/mol. The van der Waals surface area contributed by atoms with Crippen molar-refractivity contribution in [1.82, 2.24) is 10.2 Å². The third-order valence-corrected chi connectivity index (χ3v) is 5.04. The second-order valence-electron chi connectivity index (χ2n) is 5.86. The van der Waals surface area contributed by atoms with Gasteiger partial charge in [0.25, 0.3) is 0 Å². The van der Waals surface area contributed by atoms with Gasteiger partial charge >= 0.3 is 0 Å². The molecule has 1 saturated carbocycles. The first-order valence-electron chi connectivity index (χ1n) is 8.35. The van der Waals surface area contributed by atoms with Crippen molar-refractivity contribution in [2.75, 3.05) is 33.8 Å². The quantitative estimate of drug-likeness (QED) is 0.454. The molecule has 4 nitrogen and oxygen atoms in total. The summed E-state index contributed by atoms with van der Waals surface area (Å²) in [7, 11) is 3.94. The Morgan fingerprint density at radius 2 is 2.27 bits per heavy atom. The fraction of sp³-hybridized carbons (Fsp3) is 0.706. The van der Waals surface area contributed by atoms with Crippen molar-refractivity contribution < 1.29 is 4.74 Å². The third kappa shape index (κ3) is 5.97. The van der Waals surface area contributed by atoms with Crippen molar-refractivity contribution in [3.05, 3.63) is 22.4 Å². The van der Waals surface area contributed by atoms with Crippen LogP contribution in [0.2, 0.25) is 0 Å². The molecule has 1 aromatic heterocycles. The zero-order valence-electron chi connectivity index (χ0n) is 13.9. The summed E-state index contributed by atoms with van der Waals surface area (Å²) in [6, 6.07) is 4.30. The number of aliphatic imine (C=N–C) groups is 1. The van der Waals surface area contributed by atoms with E-state index in [9.17, 15) is 0 Å². The molecular formula is C17H29N3OS. The van der Waals surface area contributed by atoms with Gasteiger partial charge in [-0.25, -0.2) is 0 Å². The third-order valence-electron chi connectivity index (χ3n) is 4.11. The number of nitrogens with zero attached hydrogens (tertiary/aromatic N) is 2. The minimum absolute atomic E-state index is 0.521. The maximum Gasteiger partial charge on any atom is 0.193 e. The molecule has 0 bridgehead atoms. The van der Waals surface area contributed by atoms with Crippen LogP contribution in [-0.4, -0.2) is 50.8 Å². The average Bonchev–Trinajstić information content (AvgIpc) is 3.21. The lowest BCUT2D eigenvalue weighted by Crippen LogP contribution is -2.40. The molecule has 1 fully saturated rings. The number of nitrogens with one attached hydrogen (secondary N) is 1. The summed E-state index contributed by atoms with van der Waals surface area (Å²) in [5.41, 5.74) is 0. The summed E-state index contributed by atoms with van der Waals surface area (Å²) in [6.07, 6.45) is 7.80. The monoisotopic (exact) mass is 323 g/mol. The maximum atomic E-state index is 5.88. The Labute approximate surface area is 138 Å². The molecule has 1 heterocycles. The number of thiophene rings is 1. The number of ether oxygens (including phenoxy) is 1. The lowest BCUT2D eigenvalue weighted by atomic mass is 10.3. The number of hydrogen-bond donors (Lipinski definition) is 1. The molecule has 1 aliphatic rings. The Kier molecular flexibility index (Phi) is 7.74. The molecule has 0 aromatic carbocycles. The first-order valence-corrected chi connectivity index (χ1v) is 9.23. The van der Waals surface area contributed by atoms with E-state index in [4.69, 9.17) is 4.74 Å². The van der Waals surface area contributed by atoms with Gasteiger partial charge in [0.15, 0.2) is 5.96 Å². The highest BCUT2D eigenvalue weighted by Crippen LogP contribution is 2.20. The van der Waals surface area contributed by atoms with Crippen LogP contribution in [0.3, 0.4) is 0 Å². The fourth-order valence-electron chi connectivity index (χ4n) is 2.80. The van der Waals surface area contributed by atoms with E-state index >= 15 is 0 Å². The maximum absolute atomic E-state index is 5.88. The van der Waals surface area contributed by atoms with E-state index in [2.05, 4.69) is 39.8 Å². The predicted octanol–water partition coefficient (Wildman–Crippen LogP) is 3.15. The Balaban J connectivity index is 1.57. The number of likely N-dealkylation sites (N-methyl/N-ethyl adjacent to an activating group) is 1. The predicted molar refractivity (Wildman–Crippen MR) is 94.8 cm³/mol. The van der Waals surface area contributed by atoms with Crippen LogP contribution in [0.25, 0.3) is 0 Å². The van der Waals surface area contributed by atoms with E-state index in [1.807, 2.05) is 18.4 Å². The SMILES string of the molecule is CN=C(NCCCOC1CCCC1)N(C)CCc1cccs1. The van der Waals surface area contributed by atoms with E-state index in [1.54, 1.807) is 0 Å². The van der Waals surface area contributed by atoms with Gasteiger partial charge in [-0.05, 0) is 37.1 Å². The Morgan fingerprint density at radius 1 is 1.45 bits per heavy atom. The topological polar surface area (TPSA) is 36.9 Å². The fourth-order valence-corrected chi connectivity index (χ4v) is 3.50. The summed E-state index contributed by atoms with van der Waals surface area (Å²) in [5.74, 6) is 0.970. The standard InChI is InChI=1S/C17H29N3OS/c1-18-17(20(2)12-10-16-9-5-14-22-16)19-11-6-13-21-15-7-3-4-8-15/h5,9,14-15H,3-4,6-8,10-13H2,1-2H3,(H,18,19). The molecule has 0 radical (unpaired) electrons. The summed E-state index contributed by atoms with van der Waals surface area (Å²) < 4.78 is 5.88. The lowest BCUT2D eigenvalue weighted by molar-refractivity contribution is 0.0573. The van der Waals surface area contributed by atoms with E-state index in [1.165, 1.54) is 30.6 Å². The molecule has 0 atom stereocenters. The molecule has 1 N–H and O–H groups in total. The summed E-state index contributed by atoms with van der Waals surface area (Å²) in [4.78, 5) is 7.97. The molecule has 5 heteroatoms. The van der Waals surface area contributed by atoms with Gasteiger partial charge < -0.3 is 15.0 Å². The molecule has 1 aromatic rings. The minimum atomic E-state index is 0.521. The van der Waals surface area contributed by atoms with Crippen LogP contribution in [0.1, 0.15) is 37.0 Å². The van der Waals surface area contributed by atoms with E-state index in [-0.39, 0.29) is 0 Å². The van der Waals surface area contributed by atoms with Crippen LogP contribution >= 0.6 is 11.3 Å². The zero-order valence-corrected chi connectivity index (χ0v) is 14.7. The van der Waals surface area contributed by atoms with Crippen LogP contribution < -0.4 is 5.32 Å². The van der Waals surface area contributed by atoms with E-state index in [0.29, 0.717) is 6.10 Å². The summed E-state index contributed by atoms with van der Waals surface area (Å²) in [5, 5.41) is 5.56. The van der Waals surface area contributed by atoms with Crippen LogP contribution in [0, 0.1) is 0 Å². The molecule has 0 saturated heterocycles. The molecule has 0 unspecified atom stereocenters. The normalized spacial score (nSPS) is 16.2. The van der Waals surface area contributed by atoms with Gasteiger partial charge in [-0.2, -0.15) is 0 Å². The number of hydrogen-bond acceptors (Lipinski definition) is 3. The van der Waals surface area contributed by atoms with Gasteiger partial charge in [0.05, 0.1) is 6.10 Å². The molecule has 22 heavy (non-hydrogen) atoms. The van der Waals surface area contributed by atoms with Gasteiger partial charge in [0.1, 0.15) is 0 Å². The van der Waals surface area contributed by atoms with Crippen LogP contribution in [0.15, 0.2) is 22.5 Å². The van der Waals surface area contributed by atoms with Crippen molar-refractivity contribution in [3.63, 3.8) is 0 Å². The van der Waals surface area contributed by atoms with Crippen LogP contribution in [0.4, 0.5) is 0 Å². The smallest absolute Gasteiger partial charge is 0.193 e. The first-order chi connectivity index (χ1) is 10.8. The van der Waals surface area contributed by atoms with Gasteiger partial charge in [-0.3, -0.25) is 4.99 Å². The van der Waals surface area contributed by atoms with Gasteiger partial charge in [-0.1, -0.05) is 18.9 Å². The highest BCUT2D eigenvalue weighted by atomic mass is 32.1. The lowest BCUT2D eigenvalue weighted by Gasteiger charge is -2.22. The van der Waals surface area contributed by atoms with Crippen molar-refractivity contribution in [2.24, 2.45) is 4.99 Å². The van der Waals surface area contributed by atoms with Crippen LogP contribution in [0.5, 0.6) is 0 Å². The number of guanidine groups is 1. The van der Waals surface area contributed by atoms with Crippen molar-refractivity contribution >= 4 is 17.3 Å². The zero-order chi connectivity index (χ0) is 15.6. The minimum Gasteiger partial charge on any atom is -0.378 e. The Hall–Kier alpha value is -1.07. The second-order valence-corrected chi connectivity index (χ2v) is 6.89. The highest BCUT2D eigenvalue weighted by Gasteiger charge is 2.14. The highest BCUT2D eigenvalue weighted by molar-refractivity contribution is 7.09. The second kappa shape index (κ2) is 9.85. The molecule has 124 valence electrons. The van der Waals surface area contributed by atoms with Crippen molar-refractivity contribution in [2.45, 2.75) is 44.6 Å². The molecule has 0 amide bonds. The number of rotatable bonds is 8. The molecule has 0 aliphatic heterocycles.